The van der Waals surface area contributed by atoms with E-state index in [0.29, 0.717) is 21.9 Å². The SMILES string of the molecule is CC(=Nn1c(-c2ccc3c(c2)NC(=O)CO3)csc1=Nc1ccc(F)cc1)c1ccc(Br)cc1. The Kier molecular flexibility index (Phi) is 6.12. The average molecular weight is 537 g/mol. The molecule has 3 aromatic carbocycles. The van der Waals surface area contributed by atoms with E-state index in [-0.39, 0.29) is 18.3 Å². The second-order valence-corrected chi connectivity index (χ2v) is 9.30. The molecule has 1 aliphatic heterocycles. The van der Waals surface area contributed by atoms with Gasteiger partial charge in [0.25, 0.3) is 5.91 Å². The summed E-state index contributed by atoms with van der Waals surface area (Å²) in [5.74, 6) is 0.107. The molecule has 0 aliphatic carbocycles. The van der Waals surface area contributed by atoms with Crippen molar-refractivity contribution in [3.05, 3.63) is 92.8 Å². The normalized spacial score (nSPS) is 13.9. The van der Waals surface area contributed by atoms with Crippen molar-refractivity contribution in [1.29, 1.82) is 0 Å². The maximum atomic E-state index is 13.4. The zero-order valence-corrected chi connectivity index (χ0v) is 20.4. The number of aromatic nitrogens is 1. The number of nitrogens with zero attached hydrogens (tertiary/aromatic N) is 3. The number of thiazole rings is 1. The van der Waals surface area contributed by atoms with Gasteiger partial charge in [0.05, 0.1) is 22.8 Å². The lowest BCUT2D eigenvalue weighted by molar-refractivity contribution is -0.118. The Bertz CT molecular complexity index is 1470. The van der Waals surface area contributed by atoms with Crippen molar-refractivity contribution in [2.75, 3.05) is 11.9 Å². The molecule has 9 heteroatoms. The molecule has 1 aliphatic rings. The minimum absolute atomic E-state index is 0.00216. The number of halogens is 2. The molecule has 1 aromatic heterocycles. The van der Waals surface area contributed by atoms with Crippen LogP contribution in [-0.2, 0) is 4.79 Å². The molecule has 6 nitrogen and oxygen atoms in total. The molecular weight excluding hydrogens is 519 g/mol. The van der Waals surface area contributed by atoms with Crippen LogP contribution < -0.4 is 14.9 Å². The van der Waals surface area contributed by atoms with E-state index in [1.165, 1.54) is 23.5 Å². The smallest absolute Gasteiger partial charge is 0.262 e. The summed E-state index contributed by atoms with van der Waals surface area (Å²) in [6.45, 7) is 1.93. The highest BCUT2D eigenvalue weighted by atomic mass is 79.9. The number of anilines is 1. The van der Waals surface area contributed by atoms with Gasteiger partial charge in [0.15, 0.2) is 6.61 Å². The minimum atomic E-state index is -0.318. The number of ether oxygens (including phenoxy) is 1. The Hall–Kier alpha value is -3.56. The molecule has 170 valence electrons. The Labute approximate surface area is 207 Å². The van der Waals surface area contributed by atoms with Crippen molar-refractivity contribution in [1.82, 2.24) is 4.68 Å². The van der Waals surface area contributed by atoms with Gasteiger partial charge in [-0.3, -0.25) is 4.79 Å². The number of nitrogens with one attached hydrogen (secondary N) is 1. The van der Waals surface area contributed by atoms with Gasteiger partial charge < -0.3 is 10.1 Å². The number of hydrogen-bond donors (Lipinski definition) is 1. The second-order valence-electron chi connectivity index (χ2n) is 7.54. The molecule has 4 aromatic rings. The monoisotopic (exact) mass is 536 g/mol. The third-order valence-electron chi connectivity index (χ3n) is 5.16. The van der Waals surface area contributed by atoms with Crippen molar-refractivity contribution in [3.8, 4) is 17.0 Å². The minimum Gasteiger partial charge on any atom is -0.482 e. The summed E-state index contributed by atoms with van der Waals surface area (Å²) < 4.78 is 21.6. The van der Waals surface area contributed by atoms with Crippen LogP contribution in [-0.4, -0.2) is 22.9 Å². The molecule has 34 heavy (non-hydrogen) atoms. The summed E-state index contributed by atoms with van der Waals surface area (Å²) in [4.78, 5) is 17.1. The largest absolute Gasteiger partial charge is 0.482 e. The van der Waals surface area contributed by atoms with Gasteiger partial charge in [-0.15, -0.1) is 11.3 Å². The van der Waals surface area contributed by atoms with Crippen molar-refractivity contribution < 1.29 is 13.9 Å². The molecule has 0 spiro atoms. The van der Waals surface area contributed by atoms with Crippen molar-refractivity contribution in [2.45, 2.75) is 6.92 Å². The molecule has 5 rings (SSSR count). The predicted molar refractivity (Wildman–Crippen MR) is 135 cm³/mol. The van der Waals surface area contributed by atoms with Crippen LogP contribution in [0.4, 0.5) is 15.8 Å². The first kappa shape index (κ1) is 22.2. The molecule has 0 atom stereocenters. The van der Waals surface area contributed by atoms with Crippen LogP contribution >= 0.6 is 27.3 Å². The van der Waals surface area contributed by atoms with Crippen LogP contribution in [0.3, 0.4) is 0 Å². The molecule has 1 N–H and O–H groups in total. The molecule has 0 saturated heterocycles. The molecule has 0 bridgehead atoms. The van der Waals surface area contributed by atoms with E-state index in [2.05, 4.69) is 21.2 Å². The topological polar surface area (TPSA) is 68.0 Å². The van der Waals surface area contributed by atoms with E-state index in [1.807, 2.05) is 54.8 Å². The first-order valence-corrected chi connectivity index (χ1v) is 12.0. The number of hydrogen-bond acceptors (Lipinski definition) is 5. The summed E-state index contributed by atoms with van der Waals surface area (Å²) >= 11 is 4.88. The Morgan fingerprint density at radius 2 is 1.88 bits per heavy atom. The molecule has 1 amide bonds. The number of fused-ring (bicyclic) bond motifs is 1. The summed E-state index contributed by atoms with van der Waals surface area (Å²) in [5, 5.41) is 9.67. The zero-order chi connectivity index (χ0) is 23.7. The number of rotatable bonds is 4. The molecular formula is C25H18BrFN4O2S. The van der Waals surface area contributed by atoms with Gasteiger partial charge in [-0.05, 0) is 67.1 Å². The third-order valence-corrected chi connectivity index (χ3v) is 6.50. The molecule has 2 heterocycles. The summed E-state index contributed by atoms with van der Waals surface area (Å²) in [6.07, 6.45) is 0. The fourth-order valence-corrected chi connectivity index (χ4v) is 4.55. The standard InChI is InChI=1S/C25H18BrFN4O2S/c1-15(16-2-5-18(26)6-3-16)30-31-22(14-34-25(31)28-20-9-7-19(27)8-10-20)17-4-11-23-21(12-17)29-24(32)13-33-23/h2-12,14H,13H2,1H3,(H,29,32). The number of benzene rings is 3. The molecule has 0 saturated carbocycles. The molecule has 0 radical (unpaired) electrons. The van der Waals surface area contributed by atoms with Crippen molar-refractivity contribution >= 4 is 50.3 Å². The number of carbonyl (C=O) groups excluding carboxylic acids is 1. The fraction of sp³-hybridized carbons (Fsp3) is 0.0800. The van der Waals surface area contributed by atoms with E-state index in [1.54, 1.807) is 16.8 Å². The van der Waals surface area contributed by atoms with Crippen LogP contribution in [0.15, 0.2) is 86.7 Å². The van der Waals surface area contributed by atoms with Crippen LogP contribution in [0, 0.1) is 5.82 Å². The van der Waals surface area contributed by atoms with E-state index < -0.39 is 0 Å². The summed E-state index contributed by atoms with van der Waals surface area (Å²) in [5.41, 5.74) is 4.62. The highest BCUT2D eigenvalue weighted by Gasteiger charge is 2.18. The fourth-order valence-electron chi connectivity index (χ4n) is 3.44. The third kappa shape index (κ3) is 4.71. The van der Waals surface area contributed by atoms with Gasteiger partial charge in [-0.2, -0.15) is 5.10 Å². The van der Waals surface area contributed by atoms with Crippen molar-refractivity contribution in [2.24, 2.45) is 10.1 Å². The predicted octanol–water partition coefficient (Wildman–Crippen LogP) is 5.95. The lowest BCUT2D eigenvalue weighted by atomic mass is 10.1. The summed E-state index contributed by atoms with van der Waals surface area (Å²) in [6, 6.07) is 19.5. The maximum Gasteiger partial charge on any atom is 0.262 e. The average Bonchev–Trinajstić information content (AvgIpc) is 3.22. The van der Waals surface area contributed by atoms with Crippen LogP contribution in [0.2, 0.25) is 0 Å². The zero-order valence-electron chi connectivity index (χ0n) is 18.0. The van der Waals surface area contributed by atoms with Crippen molar-refractivity contribution in [3.63, 3.8) is 0 Å². The Balaban J connectivity index is 1.65. The summed E-state index contributed by atoms with van der Waals surface area (Å²) in [7, 11) is 0. The van der Waals surface area contributed by atoms with Gasteiger partial charge in [0, 0.05) is 15.4 Å². The van der Waals surface area contributed by atoms with E-state index in [9.17, 15) is 9.18 Å². The van der Waals surface area contributed by atoms with E-state index in [4.69, 9.17) is 14.8 Å². The van der Waals surface area contributed by atoms with Gasteiger partial charge in [0.2, 0.25) is 4.80 Å². The number of amides is 1. The quantitative estimate of drug-likeness (QED) is 0.327. The molecule has 0 fully saturated rings. The van der Waals surface area contributed by atoms with Crippen LogP contribution in [0.1, 0.15) is 12.5 Å². The van der Waals surface area contributed by atoms with E-state index >= 15 is 0 Å². The number of carbonyl (C=O) groups is 1. The van der Waals surface area contributed by atoms with Gasteiger partial charge in [0.1, 0.15) is 11.6 Å². The van der Waals surface area contributed by atoms with Gasteiger partial charge >= 0.3 is 0 Å². The van der Waals surface area contributed by atoms with Gasteiger partial charge in [-0.25, -0.2) is 14.1 Å². The van der Waals surface area contributed by atoms with Gasteiger partial charge in [-0.1, -0.05) is 28.1 Å². The lowest BCUT2D eigenvalue weighted by Gasteiger charge is -2.18. The van der Waals surface area contributed by atoms with Crippen LogP contribution in [0.5, 0.6) is 5.75 Å². The highest BCUT2D eigenvalue weighted by Crippen LogP contribution is 2.33. The van der Waals surface area contributed by atoms with E-state index in [0.717, 1.165) is 27.0 Å². The second kappa shape index (κ2) is 9.36. The Morgan fingerprint density at radius 3 is 2.65 bits per heavy atom. The maximum absolute atomic E-state index is 13.4. The first-order chi connectivity index (χ1) is 16.5. The lowest BCUT2D eigenvalue weighted by Crippen LogP contribution is -2.25. The first-order valence-electron chi connectivity index (χ1n) is 10.4. The molecule has 0 unspecified atom stereocenters. The highest BCUT2D eigenvalue weighted by molar-refractivity contribution is 9.10. The Morgan fingerprint density at radius 1 is 1.12 bits per heavy atom. The van der Waals surface area contributed by atoms with Crippen LogP contribution in [0.25, 0.3) is 11.3 Å².